The Morgan fingerprint density at radius 1 is 1.00 bits per heavy atom. The largest absolute Gasteiger partial charge is 0.508 e. The molecule has 1 aromatic rings. The summed E-state index contributed by atoms with van der Waals surface area (Å²) < 4.78 is 0. The molecule has 1 aromatic carbocycles. The van der Waals surface area contributed by atoms with Crippen molar-refractivity contribution in [2.75, 3.05) is 0 Å². The lowest BCUT2D eigenvalue weighted by Crippen LogP contribution is -2.56. The molecular weight excluding hydrogens is 370 g/mol. The minimum absolute atomic E-state index is 0.0765. The van der Waals surface area contributed by atoms with Gasteiger partial charge >= 0.3 is 11.9 Å². The van der Waals surface area contributed by atoms with Crippen LogP contribution < -0.4 is 16.4 Å². The molecular formula is C18H25N3O7. The highest BCUT2D eigenvalue weighted by Crippen LogP contribution is 2.11. The van der Waals surface area contributed by atoms with Crippen molar-refractivity contribution in [1.29, 1.82) is 0 Å². The van der Waals surface area contributed by atoms with Crippen LogP contribution in [-0.2, 0) is 25.6 Å². The zero-order valence-corrected chi connectivity index (χ0v) is 15.6. The molecule has 28 heavy (non-hydrogen) atoms. The molecule has 1 rings (SSSR count). The molecule has 0 spiro atoms. The third-order valence-electron chi connectivity index (χ3n) is 3.97. The van der Waals surface area contributed by atoms with E-state index < -0.39 is 54.2 Å². The highest BCUT2D eigenvalue weighted by Gasteiger charge is 2.30. The lowest BCUT2D eigenvalue weighted by Gasteiger charge is -2.25. The number of aliphatic carboxylic acids is 2. The summed E-state index contributed by atoms with van der Waals surface area (Å²) in [5, 5.41) is 31.7. The molecule has 0 aliphatic carbocycles. The fourth-order valence-corrected chi connectivity index (χ4v) is 2.41. The molecule has 0 radical (unpaired) electrons. The Bertz CT molecular complexity index is 718. The zero-order valence-electron chi connectivity index (χ0n) is 15.6. The fraction of sp³-hybridized carbons (Fsp3) is 0.444. The highest BCUT2D eigenvalue weighted by atomic mass is 16.4. The van der Waals surface area contributed by atoms with Gasteiger partial charge in [-0.05, 0) is 30.0 Å². The minimum Gasteiger partial charge on any atom is -0.508 e. The van der Waals surface area contributed by atoms with Crippen LogP contribution in [0.25, 0.3) is 0 Å². The van der Waals surface area contributed by atoms with Gasteiger partial charge in [0, 0.05) is 0 Å². The topological polar surface area (TPSA) is 179 Å². The van der Waals surface area contributed by atoms with Crippen LogP contribution in [0, 0.1) is 5.92 Å². The predicted molar refractivity (Wildman–Crippen MR) is 98.4 cm³/mol. The van der Waals surface area contributed by atoms with Crippen LogP contribution in [0.5, 0.6) is 5.75 Å². The molecule has 0 fully saturated rings. The molecule has 0 aliphatic heterocycles. The lowest BCUT2D eigenvalue weighted by molar-refractivity contribution is -0.147. The first-order chi connectivity index (χ1) is 13.0. The van der Waals surface area contributed by atoms with Crippen LogP contribution in [-0.4, -0.2) is 57.2 Å². The van der Waals surface area contributed by atoms with E-state index in [1.807, 2.05) is 0 Å². The van der Waals surface area contributed by atoms with Gasteiger partial charge in [-0.25, -0.2) is 4.79 Å². The maximum atomic E-state index is 12.4. The van der Waals surface area contributed by atoms with Crippen molar-refractivity contribution in [2.24, 2.45) is 11.7 Å². The number of phenolic OH excluding ortho intramolecular Hbond substituents is 1. The van der Waals surface area contributed by atoms with Gasteiger partial charge in [0.25, 0.3) is 0 Å². The Labute approximate surface area is 161 Å². The number of hydrogen-bond acceptors (Lipinski definition) is 6. The molecule has 0 heterocycles. The maximum Gasteiger partial charge on any atom is 0.326 e. The first-order valence-electron chi connectivity index (χ1n) is 8.60. The third-order valence-corrected chi connectivity index (χ3v) is 3.97. The molecule has 0 saturated heterocycles. The molecule has 10 heteroatoms. The number of rotatable bonds is 10. The molecule has 3 atom stereocenters. The summed E-state index contributed by atoms with van der Waals surface area (Å²) in [4.78, 5) is 46.6. The first-order valence-corrected chi connectivity index (χ1v) is 8.60. The summed E-state index contributed by atoms with van der Waals surface area (Å²) in [6.07, 6.45) is -0.629. The normalized spacial score (nSPS) is 14.0. The van der Waals surface area contributed by atoms with E-state index in [2.05, 4.69) is 10.6 Å². The second-order valence-corrected chi connectivity index (χ2v) is 6.70. The van der Waals surface area contributed by atoms with Gasteiger partial charge in [0.1, 0.15) is 17.8 Å². The van der Waals surface area contributed by atoms with Crippen molar-refractivity contribution < 1.29 is 34.5 Å². The van der Waals surface area contributed by atoms with Gasteiger partial charge in [0.05, 0.1) is 12.5 Å². The number of benzene rings is 1. The van der Waals surface area contributed by atoms with Gasteiger partial charge in [-0.3, -0.25) is 14.4 Å². The van der Waals surface area contributed by atoms with Crippen LogP contribution in [0.15, 0.2) is 24.3 Å². The Morgan fingerprint density at radius 2 is 1.57 bits per heavy atom. The van der Waals surface area contributed by atoms with E-state index in [1.165, 1.54) is 12.1 Å². The number of carboxylic acid groups (broad SMARTS) is 2. The van der Waals surface area contributed by atoms with Crippen molar-refractivity contribution >= 4 is 23.8 Å². The molecule has 0 saturated carbocycles. The highest BCUT2D eigenvalue weighted by molar-refractivity contribution is 5.93. The number of carboxylic acids is 2. The number of phenols is 1. The summed E-state index contributed by atoms with van der Waals surface area (Å²) >= 11 is 0. The van der Waals surface area contributed by atoms with Crippen LogP contribution in [0.3, 0.4) is 0 Å². The number of aromatic hydroxyl groups is 1. The number of carbonyl (C=O) groups is 4. The fourth-order valence-electron chi connectivity index (χ4n) is 2.41. The van der Waals surface area contributed by atoms with E-state index in [0.29, 0.717) is 5.56 Å². The van der Waals surface area contributed by atoms with E-state index in [0.717, 1.165) is 0 Å². The second kappa shape index (κ2) is 10.3. The standard InChI is InChI=1S/C18H25N3O7/c1-9(2)15(17(26)20-13(18(27)28)8-14(23)24)21-16(25)12(19)7-10-3-5-11(22)6-4-10/h3-6,9,12-13,15,22H,7-8,19H2,1-2H3,(H,20,26)(H,21,25)(H,23,24)(H,27,28). The van der Waals surface area contributed by atoms with Gasteiger partial charge in [0.15, 0.2) is 0 Å². The van der Waals surface area contributed by atoms with E-state index in [1.54, 1.807) is 26.0 Å². The molecule has 0 aliphatic rings. The molecule has 0 aromatic heterocycles. The van der Waals surface area contributed by atoms with Crippen molar-refractivity contribution in [2.45, 2.75) is 44.8 Å². The summed E-state index contributed by atoms with van der Waals surface area (Å²) in [7, 11) is 0. The summed E-state index contributed by atoms with van der Waals surface area (Å²) in [5.41, 5.74) is 6.58. The molecule has 154 valence electrons. The van der Waals surface area contributed by atoms with Crippen molar-refractivity contribution in [3.8, 4) is 5.75 Å². The Morgan fingerprint density at radius 3 is 2.04 bits per heavy atom. The molecule has 0 bridgehead atoms. The van der Waals surface area contributed by atoms with Crippen LogP contribution in [0.1, 0.15) is 25.8 Å². The Hall–Kier alpha value is -3.14. The van der Waals surface area contributed by atoms with Crippen LogP contribution >= 0.6 is 0 Å². The van der Waals surface area contributed by atoms with Gasteiger partial charge in [-0.15, -0.1) is 0 Å². The zero-order chi connectivity index (χ0) is 21.4. The van der Waals surface area contributed by atoms with Gasteiger partial charge in [-0.1, -0.05) is 26.0 Å². The summed E-state index contributed by atoms with van der Waals surface area (Å²) in [6.45, 7) is 3.28. The smallest absolute Gasteiger partial charge is 0.326 e. The van der Waals surface area contributed by atoms with Crippen molar-refractivity contribution in [1.82, 2.24) is 10.6 Å². The van der Waals surface area contributed by atoms with Gasteiger partial charge in [0.2, 0.25) is 11.8 Å². The van der Waals surface area contributed by atoms with Gasteiger partial charge < -0.3 is 31.7 Å². The monoisotopic (exact) mass is 395 g/mol. The molecule has 7 N–H and O–H groups in total. The molecule has 2 amide bonds. The number of nitrogens with two attached hydrogens (primary N) is 1. The molecule has 3 unspecified atom stereocenters. The van der Waals surface area contributed by atoms with E-state index >= 15 is 0 Å². The maximum absolute atomic E-state index is 12.4. The Kier molecular flexibility index (Phi) is 8.39. The number of amides is 2. The Balaban J connectivity index is 2.77. The first kappa shape index (κ1) is 22.9. The number of carbonyl (C=O) groups excluding carboxylic acids is 2. The summed E-state index contributed by atoms with van der Waals surface area (Å²) in [6, 6.07) is 2.45. The van der Waals surface area contributed by atoms with Crippen LogP contribution in [0.4, 0.5) is 0 Å². The summed E-state index contributed by atoms with van der Waals surface area (Å²) in [5.74, 6) is -4.63. The lowest BCUT2D eigenvalue weighted by atomic mass is 10.0. The van der Waals surface area contributed by atoms with Crippen molar-refractivity contribution in [3.05, 3.63) is 29.8 Å². The second-order valence-electron chi connectivity index (χ2n) is 6.70. The number of nitrogens with one attached hydrogen (secondary N) is 2. The predicted octanol–water partition coefficient (Wildman–Crippen LogP) is -0.553. The minimum atomic E-state index is -1.62. The SMILES string of the molecule is CC(C)C(NC(=O)C(N)Cc1ccc(O)cc1)C(=O)NC(CC(=O)O)C(=O)O. The molecule has 10 nitrogen and oxygen atoms in total. The van der Waals surface area contributed by atoms with E-state index in [4.69, 9.17) is 15.9 Å². The third kappa shape index (κ3) is 7.23. The average molecular weight is 395 g/mol. The van der Waals surface area contributed by atoms with Crippen LogP contribution in [0.2, 0.25) is 0 Å². The van der Waals surface area contributed by atoms with Crippen molar-refractivity contribution in [3.63, 3.8) is 0 Å². The average Bonchev–Trinajstić information content (AvgIpc) is 2.59. The quantitative estimate of drug-likeness (QED) is 0.305. The van der Waals surface area contributed by atoms with Gasteiger partial charge in [-0.2, -0.15) is 0 Å². The van der Waals surface area contributed by atoms with E-state index in [-0.39, 0.29) is 12.2 Å². The van der Waals surface area contributed by atoms with E-state index in [9.17, 15) is 24.3 Å². The number of hydrogen-bond donors (Lipinski definition) is 6.